The SMILES string of the molecule is C=CCC(=O)c1cc(C)c(C)cc1CC(=C)C. The Labute approximate surface area is 104 Å². The van der Waals surface area contributed by atoms with Crippen LogP contribution in [0.3, 0.4) is 0 Å². The number of allylic oxidation sites excluding steroid dienone is 2. The van der Waals surface area contributed by atoms with Gasteiger partial charge >= 0.3 is 0 Å². The third-order valence-corrected chi connectivity index (χ3v) is 2.84. The van der Waals surface area contributed by atoms with Gasteiger partial charge in [-0.05, 0) is 49.9 Å². The molecule has 90 valence electrons. The number of carbonyl (C=O) groups is 1. The average Bonchev–Trinajstić information content (AvgIpc) is 2.22. The molecule has 0 aliphatic heterocycles. The van der Waals surface area contributed by atoms with Crippen LogP contribution in [0.2, 0.25) is 0 Å². The first-order chi connectivity index (χ1) is 7.95. The molecule has 0 spiro atoms. The molecule has 0 N–H and O–H groups in total. The van der Waals surface area contributed by atoms with Gasteiger partial charge in [-0.25, -0.2) is 0 Å². The molecular formula is C16H20O. The van der Waals surface area contributed by atoms with Gasteiger partial charge in [0.25, 0.3) is 0 Å². The van der Waals surface area contributed by atoms with Crippen LogP contribution in [0.4, 0.5) is 0 Å². The molecule has 0 bridgehead atoms. The van der Waals surface area contributed by atoms with Crippen LogP contribution in [0.1, 0.15) is 40.4 Å². The van der Waals surface area contributed by atoms with E-state index in [1.54, 1.807) is 6.08 Å². The zero-order chi connectivity index (χ0) is 13.0. The van der Waals surface area contributed by atoms with Crippen molar-refractivity contribution in [2.45, 2.75) is 33.6 Å². The van der Waals surface area contributed by atoms with Crippen LogP contribution >= 0.6 is 0 Å². The minimum absolute atomic E-state index is 0.138. The number of rotatable bonds is 5. The Balaban J connectivity index is 3.24. The van der Waals surface area contributed by atoms with Gasteiger partial charge < -0.3 is 0 Å². The van der Waals surface area contributed by atoms with Crippen molar-refractivity contribution in [2.24, 2.45) is 0 Å². The number of ketones is 1. The highest BCUT2D eigenvalue weighted by atomic mass is 16.1. The van der Waals surface area contributed by atoms with Crippen molar-refractivity contribution in [3.05, 3.63) is 59.2 Å². The first kappa shape index (κ1) is 13.4. The average molecular weight is 228 g/mol. The van der Waals surface area contributed by atoms with Crippen LogP contribution < -0.4 is 0 Å². The maximum atomic E-state index is 12.0. The Kier molecular flexibility index (Phi) is 4.45. The van der Waals surface area contributed by atoms with E-state index in [-0.39, 0.29) is 5.78 Å². The van der Waals surface area contributed by atoms with Crippen molar-refractivity contribution < 1.29 is 4.79 Å². The fourth-order valence-corrected chi connectivity index (χ4v) is 1.85. The molecule has 0 aromatic heterocycles. The predicted octanol–water partition coefficient (Wildman–Crippen LogP) is 4.18. The van der Waals surface area contributed by atoms with Gasteiger partial charge in [-0.3, -0.25) is 4.79 Å². The third-order valence-electron chi connectivity index (χ3n) is 2.84. The molecule has 1 aromatic carbocycles. The molecule has 1 heteroatoms. The fourth-order valence-electron chi connectivity index (χ4n) is 1.85. The molecule has 1 nitrogen and oxygen atoms in total. The normalized spacial score (nSPS) is 10.1. The second-order valence-corrected chi connectivity index (χ2v) is 4.64. The predicted molar refractivity (Wildman–Crippen MR) is 73.6 cm³/mol. The molecule has 0 aliphatic rings. The monoisotopic (exact) mass is 228 g/mol. The highest BCUT2D eigenvalue weighted by Crippen LogP contribution is 2.20. The number of benzene rings is 1. The maximum absolute atomic E-state index is 12.0. The summed E-state index contributed by atoms with van der Waals surface area (Å²) in [5, 5.41) is 0. The number of aryl methyl sites for hydroxylation is 2. The lowest BCUT2D eigenvalue weighted by Crippen LogP contribution is -2.05. The summed E-state index contributed by atoms with van der Waals surface area (Å²) in [6.45, 7) is 13.6. The molecule has 0 fully saturated rings. The fraction of sp³-hybridized carbons (Fsp3) is 0.312. The van der Waals surface area contributed by atoms with Gasteiger partial charge in [-0.15, -0.1) is 6.58 Å². The topological polar surface area (TPSA) is 17.1 Å². The quantitative estimate of drug-likeness (QED) is 0.546. The van der Waals surface area contributed by atoms with E-state index in [9.17, 15) is 4.79 Å². The molecule has 1 aromatic rings. The molecule has 0 unspecified atom stereocenters. The van der Waals surface area contributed by atoms with Crippen molar-refractivity contribution in [2.75, 3.05) is 0 Å². The van der Waals surface area contributed by atoms with Gasteiger partial charge in [0.05, 0.1) is 0 Å². The Hall–Kier alpha value is -1.63. The second-order valence-electron chi connectivity index (χ2n) is 4.64. The molecule has 0 saturated heterocycles. The number of carbonyl (C=O) groups excluding carboxylic acids is 1. The summed E-state index contributed by atoms with van der Waals surface area (Å²) < 4.78 is 0. The Morgan fingerprint density at radius 1 is 1.29 bits per heavy atom. The molecule has 0 radical (unpaired) electrons. The lowest BCUT2D eigenvalue weighted by atomic mass is 9.92. The highest BCUT2D eigenvalue weighted by Gasteiger charge is 2.12. The Bertz CT molecular complexity index is 467. The molecule has 0 atom stereocenters. The van der Waals surface area contributed by atoms with Crippen LogP contribution in [0.15, 0.2) is 36.9 Å². The van der Waals surface area contributed by atoms with Crippen molar-refractivity contribution in [3.63, 3.8) is 0 Å². The van der Waals surface area contributed by atoms with Crippen LogP contribution in [-0.4, -0.2) is 5.78 Å². The third kappa shape index (κ3) is 3.42. The van der Waals surface area contributed by atoms with Gasteiger partial charge in [0.2, 0.25) is 0 Å². The molecule has 0 saturated carbocycles. The number of Topliss-reactive ketones (excluding diaryl/α,β-unsaturated/α-hetero) is 1. The summed E-state index contributed by atoms with van der Waals surface area (Å²) in [5.41, 5.74) is 5.34. The van der Waals surface area contributed by atoms with E-state index in [0.29, 0.717) is 6.42 Å². The Morgan fingerprint density at radius 3 is 2.41 bits per heavy atom. The molecule has 0 amide bonds. The summed E-state index contributed by atoms with van der Waals surface area (Å²) in [6, 6.07) is 4.08. The zero-order valence-electron chi connectivity index (χ0n) is 11.0. The van der Waals surface area contributed by atoms with Gasteiger partial charge in [-0.2, -0.15) is 0 Å². The van der Waals surface area contributed by atoms with Crippen LogP contribution in [0.25, 0.3) is 0 Å². The summed E-state index contributed by atoms with van der Waals surface area (Å²) in [5.74, 6) is 0.138. The van der Waals surface area contributed by atoms with Crippen molar-refractivity contribution in [1.29, 1.82) is 0 Å². The van der Waals surface area contributed by atoms with E-state index < -0.39 is 0 Å². The minimum Gasteiger partial charge on any atom is -0.294 e. The van der Waals surface area contributed by atoms with E-state index in [1.807, 2.05) is 19.9 Å². The number of hydrogen-bond acceptors (Lipinski definition) is 1. The lowest BCUT2D eigenvalue weighted by Gasteiger charge is -2.11. The van der Waals surface area contributed by atoms with Crippen molar-refractivity contribution in [3.8, 4) is 0 Å². The first-order valence-electron chi connectivity index (χ1n) is 5.84. The second kappa shape index (κ2) is 5.62. The van der Waals surface area contributed by atoms with E-state index in [0.717, 1.165) is 28.7 Å². The van der Waals surface area contributed by atoms with Crippen LogP contribution in [0, 0.1) is 13.8 Å². The summed E-state index contributed by atoms with van der Waals surface area (Å²) in [4.78, 5) is 12.0. The van der Waals surface area contributed by atoms with Crippen LogP contribution in [0.5, 0.6) is 0 Å². The van der Waals surface area contributed by atoms with Crippen molar-refractivity contribution >= 4 is 5.78 Å². The van der Waals surface area contributed by atoms with Gasteiger partial charge in [0.15, 0.2) is 5.78 Å². The van der Waals surface area contributed by atoms with E-state index in [2.05, 4.69) is 26.1 Å². The van der Waals surface area contributed by atoms with E-state index in [4.69, 9.17) is 0 Å². The zero-order valence-corrected chi connectivity index (χ0v) is 11.0. The largest absolute Gasteiger partial charge is 0.294 e. The summed E-state index contributed by atoms with van der Waals surface area (Å²) in [6.07, 6.45) is 2.81. The smallest absolute Gasteiger partial charge is 0.166 e. The lowest BCUT2D eigenvalue weighted by molar-refractivity contribution is 0.0995. The van der Waals surface area contributed by atoms with E-state index >= 15 is 0 Å². The van der Waals surface area contributed by atoms with E-state index in [1.165, 1.54) is 5.56 Å². The highest BCUT2D eigenvalue weighted by molar-refractivity contribution is 5.98. The maximum Gasteiger partial charge on any atom is 0.166 e. The minimum atomic E-state index is 0.138. The van der Waals surface area contributed by atoms with Gasteiger partial charge in [0, 0.05) is 12.0 Å². The van der Waals surface area contributed by atoms with Gasteiger partial charge in [0.1, 0.15) is 0 Å². The summed E-state index contributed by atoms with van der Waals surface area (Å²) in [7, 11) is 0. The summed E-state index contributed by atoms with van der Waals surface area (Å²) >= 11 is 0. The van der Waals surface area contributed by atoms with Gasteiger partial charge in [-0.1, -0.05) is 24.3 Å². The Morgan fingerprint density at radius 2 is 1.88 bits per heavy atom. The van der Waals surface area contributed by atoms with Crippen LogP contribution in [-0.2, 0) is 6.42 Å². The molecule has 0 heterocycles. The molecule has 1 rings (SSSR count). The first-order valence-corrected chi connectivity index (χ1v) is 5.84. The number of hydrogen-bond donors (Lipinski definition) is 0. The molecular weight excluding hydrogens is 208 g/mol. The molecule has 0 aliphatic carbocycles. The molecule has 17 heavy (non-hydrogen) atoms. The standard InChI is InChI=1S/C16H20O/c1-6-7-16(17)15-10-13(5)12(4)9-14(15)8-11(2)3/h6,9-10H,1-2,7-8H2,3-5H3. The van der Waals surface area contributed by atoms with Crippen molar-refractivity contribution in [1.82, 2.24) is 0 Å².